The number of nitriles is 1. The minimum absolute atomic E-state index is 0.0158. The number of anilines is 3. The van der Waals surface area contributed by atoms with Crippen LogP contribution in [-0.2, 0) is 6.18 Å². The topological polar surface area (TPSA) is 152 Å². The van der Waals surface area contributed by atoms with Gasteiger partial charge < -0.3 is 25.8 Å². The van der Waals surface area contributed by atoms with Crippen LogP contribution in [0.25, 0.3) is 32.1 Å². The van der Waals surface area contributed by atoms with E-state index >= 15 is 22.0 Å². The molecule has 2 saturated heterocycles. The normalized spacial score (nSPS) is 19.2. The van der Waals surface area contributed by atoms with Crippen LogP contribution in [-0.4, -0.2) is 63.2 Å². The fraction of sp³-hybridized carbons (Fsp3) is 0.343. The van der Waals surface area contributed by atoms with E-state index < -0.39 is 74.8 Å². The summed E-state index contributed by atoms with van der Waals surface area (Å²) in [6.07, 6.45) is -3.07. The first-order chi connectivity index (χ1) is 25.7. The van der Waals surface area contributed by atoms with Gasteiger partial charge in [-0.15, -0.1) is 11.3 Å². The van der Waals surface area contributed by atoms with Crippen LogP contribution in [0.3, 0.4) is 0 Å². The second-order valence-electron chi connectivity index (χ2n) is 13.3. The molecular formula is C35H28F7N9O2S. The van der Waals surface area contributed by atoms with Crippen molar-refractivity contribution in [2.24, 2.45) is 0 Å². The third kappa shape index (κ3) is 5.49. The largest absolute Gasteiger partial charge is 0.490 e. The van der Waals surface area contributed by atoms with E-state index in [2.05, 4.69) is 19.9 Å². The van der Waals surface area contributed by atoms with E-state index in [1.54, 1.807) is 13.0 Å². The van der Waals surface area contributed by atoms with Crippen molar-refractivity contribution in [2.45, 2.75) is 43.9 Å². The lowest BCUT2D eigenvalue weighted by Gasteiger charge is -2.31. The Morgan fingerprint density at radius 2 is 1.91 bits per heavy atom. The first-order valence-electron chi connectivity index (χ1n) is 16.7. The Morgan fingerprint density at radius 1 is 1.13 bits per heavy atom. The fourth-order valence-corrected chi connectivity index (χ4v) is 8.88. The highest BCUT2D eigenvalue weighted by atomic mass is 32.1. The van der Waals surface area contributed by atoms with Crippen molar-refractivity contribution in [3.05, 3.63) is 64.6 Å². The maximum Gasteiger partial charge on any atom is 0.420 e. The Balaban J connectivity index is 1.40. The molecule has 3 aromatic heterocycles. The number of fused-ring (bicyclic) bond motifs is 2. The predicted octanol–water partition coefficient (Wildman–Crippen LogP) is 7.36. The maximum absolute atomic E-state index is 17.4. The first kappa shape index (κ1) is 35.5. The third-order valence-corrected chi connectivity index (χ3v) is 11.4. The van der Waals surface area contributed by atoms with Gasteiger partial charge >= 0.3 is 12.2 Å². The van der Waals surface area contributed by atoms with Crippen molar-refractivity contribution < 1.29 is 40.2 Å². The average molecular weight is 772 g/mol. The number of rotatable bonds is 6. The summed E-state index contributed by atoms with van der Waals surface area (Å²) in [5, 5.41) is 8.99. The lowest BCUT2D eigenvalue weighted by Crippen LogP contribution is -2.43. The number of hydrogen-bond acceptors (Lipinski definition) is 12. The van der Waals surface area contributed by atoms with E-state index in [0.29, 0.717) is 30.7 Å². The van der Waals surface area contributed by atoms with Crippen molar-refractivity contribution in [3.8, 4) is 29.0 Å². The number of thiophene rings is 1. The summed E-state index contributed by atoms with van der Waals surface area (Å²) in [7, 11) is 0. The molecule has 0 saturated carbocycles. The molecule has 4 N–H and O–H groups in total. The number of aromatic nitrogens is 4. The molecule has 11 nitrogen and oxygen atoms in total. The average Bonchev–Trinajstić information content (AvgIpc) is 3.76. The highest BCUT2D eigenvalue weighted by Gasteiger charge is 2.49. The van der Waals surface area contributed by atoms with Gasteiger partial charge in [0.1, 0.15) is 64.3 Å². The first-order valence-corrected chi connectivity index (χ1v) is 17.5. The number of nitrogens with two attached hydrogens (primary N) is 2. The van der Waals surface area contributed by atoms with E-state index in [4.69, 9.17) is 20.9 Å². The minimum Gasteiger partial charge on any atom is -0.490 e. The Labute approximate surface area is 305 Å². The molecule has 280 valence electrons. The van der Waals surface area contributed by atoms with Crippen LogP contribution in [0.5, 0.6) is 11.8 Å². The molecule has 54 heavy (non-hydrogen) atoms. The van der Waals surface area contributed by atoms with E-state index in [1.165, 1.54) is 17.3 Å². The number of benzene rings is 2. The highest BCUT2D eigenvalue weighted by Crippen LogP contribution is 2.54. The van der Waals surface area contributed by atoms with Gasteiger partial charge in [-0.1, -0.05) is 6.07 Å². The van der Waals surface area contributed by atoms with Gasteiger partial charge in [-0.05, 0) is 44.4 Å². The smallest absolute Gasteiger partial charge is 0.420 e. The molecular weight excluding hydrogens is 743 g/mol. The number of hydrogen-bond donors (Lipinski definition) is 2. The van der Waals surface area contributed by atoms with Crippen molar-refractivity contribution in [1.82, 2.24) is 24.8 Å². The zero-order chi connectivity index (χ0) is 38.3. The Hall–Kier alpha value is -5.48. The molecule has 2 fully saturated rings. The number of ether oxygens (including phenoxy) is 2. The molecule has 3 aliphatic heterocycles. The number of halogens is 7. The molecule has 0 bridgehead atoms. The molecule has 3 aliphatic rings. The van der Waals surface area contributed by atoms with Crippen molar-refractivity contribution in [3.63, 3.8) is 0 Å². The molecule has 0 radical (unpaired) electrons. The molecule has 0 amide bonds. The van der Waals surface area contributed by atoms with Crippen LogP contribution >= 0.6 is 11.3 Å². The van der Waals surface area contributed by atoms with Gasteiger partial charge in [0.15, 0.2) is 5.82 Å². The standard InChI is InChI=1S/C35H28F7N9O2S/c1-15(25-30(44)47-7-6-46-25)51-9-10-52-27-22-26(48-33(49-32(22)51)53-14-34-5-2-8-50(34)13-16(11-34)29(38)39)24(37)21(23(27)35(40,41)42)17-3-4-19(36)28-20(17)18(12-43)31(45)54-28/h3-4,6-7,15H,2,5,8-11,13-14,45H2,1H3,(H2,44,47)/t15-,34+/m1/s1. The molecule has 0 spiro atoms. The molecule has 8 rings (SSSR count). The molecule has 0 unspecified atom stereocenters. The van der Waals surface area contributed by atoms with Crippen LogP contribution in [0.4, 0.5) is 47.4 Å². The number of alkyl halides is 3. The van der Waals surface area contributed by atoms with Crippen molar-refractivity contribution in [1.29, 1.82) is 5.26 Å². The van der Waals surface area contributed by atoms with Gasteiger partial charge in [0.2, 0.25) is 0 Å². The highest BCUT2D eigenvalue weighted by molar-refractivity contribution is 7.23. The van der Waals surface area contributed by atoms with Crippen LogP contribution in [0, 0.1) is 23.0 Å². The zero-order valence-electron chi connectivity index (χ0n) is 28.2. The predicted molar refractivity (Wildman–Crippen MR) is 185 cm³/mol. The van der Waals surface area contributed by atoms with Gasteiger partial charge in [0.25, 0.3) is 6.08 Å². The quantitative estimate of drug-likeness (QED) is 0.167. The maximum atomic E-state index is 17.4. The second kappa shape index (κ2) is 12.8. The van der Waals surface area contributed by atoms with Crippen molar-refractivity contribution >= 4 is 49.0 Å². The molecule has 5 aromatic rings. The van der Waals surface area contributed by atoms with Crippen LogP contribution in [0.1, 0.15) is 49.0 Å². The third-order valence-electron chi connectivity index (χ3n) is 10.4. The Kier molecular flexibility index (Phi) is 8.45. The summed E-state index contributed by atoms with van der Waals surface area (Å²) in [6, 6.07) is 2.36. The van der Waals surface area contributed by atoms with Gasteiger partial charge in [-0.2, -0.15) is 37.2 Å². The molecule has 2 atom stereocenters. The lowest BCUT2D eigenvalue weighted by atomic mass is 9.91. The Morgan fingerprint density at radius 3 is 2.63 bits per heavy atom. The molecule has 19 heteroatoms. The number of nitrogens with zero attached hydrogens (tertiary/aromatic N) is 7. The molecule has 0 aliphatic carbocycles. The summed E-state index contributed by atoms with van der Waals surface area (Å²) in [6.45, 7) is 1.59. The number of nitrogen functional groups attached to an aromatic ring is 2. The van der Waals surface area contributed by atoms with E-state index in [9.17, 15) is 14.0 Å². The SMILES string of the molecule is C[C@H](c1nccnc1N)N1CCOc2c(C(F)(F)F)c(-c3ccc(F)c4sc(N)c(C#N)c34)c(F)c3nc(OC[C@@]45CCCN4CC(=C(F)F)C5)nc1c23. The molecule has 2 aromatic carbocycles. The van der Waals surface area contributed by atoms with Crippen LogP contribution < -0.4 is 25.8 Å². The van der Waals surface area contributed by atoms with E-state index in [-0.39, 0.29) is 76.3 Å². The van der Waals surface area contributed by atoms with E-state index in [1.807, 2.05) is 4.90 Å². The minimum atomic E-state index is -5.28. The van der Waals surface area contributed by atoms with Crippen molar-refractivity contribution in [2.75, 3.05) is 49.2 Å². The lowest BCUT2D eigenvalue weighted by molar-refractivity contribution is -0.138. The van der Waals surface area contributed by atoms with Gasteiger partial charge in [-0.3, -0.25) is 9.88 Å². The summed E-state index contributed by atoms with van der Waals surface area (Å²) in [4.78, 5) is 20.6. The Bertz CT molecular complexity index is 2450. The monoisotopic (exact) mass is 771 g/mol. The summed E-state index contributed by atoms with van der Waals surface area (Å²) >= 11 is 0.639. The van der Waals surface area contributed by atoms with Crippen LogP contribution in [0.2, 0.25) is 0 Å². The summed E-state index contributed by atoms with van der Waals surface area (Å²) in [5.74, 6) is -3.34. The fourth-order valence-electron chi connectivity index (χ4n) is 7.94. The van der Waals surface area contributed by atoms with Crippen LogP contribution in [0.15, 0.2) is 36.2 Å². The second-order valence-corrected chi connectivity index (χ2v) is 14.4. The molecule has 6 heterocycles. The summed E-state index contributed by atoms with van der Waals surface area (Å²) in [5.41, 5.74) is 7.48. The van der Waals surface area contributed by atoms with Gasteiger partial charge in [-0.25, -0.2) is 13.8 Å². The van der Waals surface area contributed by atoms with Gasteiger partial charge in [0, 0.05) is 35.5 Å². The van der Waals surface area contributed by atoms with E-state index in [0.717, 1.165) is 12.1 Å². The summed E-state index contributed by atoms with van der Waals surface area (Å²) < 4.78 is 118. The van der Waals surface area contributed by atoms with Gasteiger partial charge in [0.05, 0.1) is 33.8 Å². The zero-order valence-corrected chi connectivity index (χ0v) is 29.0.